The average Bonchev–Trinajstić information content (AvgIpc) is 2.37. The van der Waals surface area contributed by atoms with Crippen molar-refractivity contribution in [2.24, 2.45) is 0 Å². The summed E-state index contributed by atoms with van der Waals surface area (Å²) in [5, 5.41) is 0. The number of pyridine rings is 1. The maximum Gasteiger partial charge on any atom is 0.211 e. The Bertz CT molecular complexity index is 630. The van der Waals surface area contributed by atoms with E-state index in [-0.39, 0.29) is 25.4 Å². The molecule has 0 unspecified atom stereocenters. The number of rotatable bonds is 9. The van der Waals surface area contributed by atoms with E-state index in [2.05, 4.69) is 9.71 Å². The van der Waals surface area contributed by atoms with E-state index in [0.29, 0.717) is 12.1 Å². The zero-order chi connectivity index (χ0) is 15.9. The molecule has 1 aromatic heterocycles. The monoisotopic (exact) mass is 335 g/mol. The van der Waals surface area contributed by atoms with E-state index >= 15 is 0 Å². The molecular weight excluding hydrogens is 314 g/mol. The first kappa shape index (κ1) is 18.0. The highest BCUT2D eigenvalue weighted by Crippen LogP contribution is 2.05. The van der Waals surface area contributed by atoms with Crippen molar-refractivity contribution < 1.29 is 16.8 Å². The number of sulfonamides is 2. The molecule has 0 amide bonds. The van der Waals surface area contributed by atoms with E-state index < -0.39 is 20.0 Å². The highest BCUT2D eigenvalue weighted by atomic mass is 32.2. The van der Waals surface area contributed by atoms with E-state index in [1.54, 1.807) is 31.3 Å². The van der Waals surface area contributed by atoms with Crippen LogP contribution in [0, 0.1) is 0 Å². The van der Waals surface area contributed by atoms with Crippen LogP contribution in [0.3, 0.4) is 0 Å². The molecule has 0 saturated carbocycles. The van der Waals surface area contributed by atoms with Crippen LogP contribution in [0.1, 0.15) is 19.0 Å². The van der Waals surface area contributed by atoms with E-state index in [9.17, 15) is 16.8 Å². The van der Waals surface area contributed by atoms with Crippen LogP contribution in [0.4, 0.5) is 0 Å². The van der Waals surface area contributed by atoms with Gasteiger partial charge in [0, 0.05) is 19.3 Å². The lowest BCUT2D eigenvalue weighted by molar-refractivity contribution is 0.408. The number of hydrogen-bond donors (Lipinski definition) is 1. The summed E-state index contributed by atoms with van der Waals surface area (Å²) in [4.78, 5) is 4.07. The molecule has 120 valence electrons. The molecule has 0 aliphatic carbocycles. The molecule has 0 bridgehead atoms. The summed E-state index contributed by atoms with van der Waals surface area (Å²) in [7, 11) is -6.77. The van der Waals surface area contributed by atoms with Crippen molar-refractivity contribution in [1.82, 2.24) is 14.0 Å². The van der Waals surface area contributed by atoms with Crippen LogP contribution in [-0.4, -0.2) is 51.2 Å². The second kappa shape index (κ2) is 7.83. The van der Waals surface area contributed by atoms with Gasteiger partial charge >= 0.3 is 0 Å². The zero-order valence-corrected chi connectivity index (χ0v) is 13.8. The predicted octanol–water partition coefficient (Wildman–Crippen LogP) is 0.173. The predicted molar refractivity (Wildman–Crippen MR) is 81.6 cm³/mol. The molecule has 0 aliphatic heterocycles. The van der Waals surface area contributed by atoms with E-state index in [4.69, 9.17) is 0 Å². The first-order valence-electron chi connectivity index (χ1n) is 6.57. The maximum absolute atomic E-state index is 11.7. The van der Waals surface area contributed by atoms with E-state index in [1.807, 2.05) is 0 Å². The minimum atomic E-state index is -3.43. The molecule has 1 rings (SSSR count). The molecule has 0 aromatic carbocycles. The Balaban J connectivity index is 2.65. The van der Waals surface area contributed by atoms with Crippen LogP contribution < -0.4 is 4.72 Å². The molecule has 7 nitrogen and oxygen atoms in total. The van der Waals surface area contributed by atoms with Crippen molar-refractivity contribution in [3.63, 3.8) is 0 Å². The molecule has 9 heteroatoms. The Morgan fingerprint density at radius 2 is 1.95 bits per heavy atom. The fourth-order valence-corrected chi connectivity index (χ4v) is 3.58. The molecule has 0 aliphatic rings. The van der Waals surface area contributed by atoms with Gasteiger partial charge in [0.1, 0.15) is 0 Å². The van der Waals surface area contributed by atoms with Crippen LogP contribution in [0.25, 0.3) is 0 Å². The van der Waals surface area contributed by atoms with Crippen LogP contribution in [0.2, 0.25) is 0 Å². The van der Waals surface area contributed by atoms with Gasteiger partial charge in [0.2, 0.25) is 20.0 Å². The number of nitrogens with one attached hydrogen (secondary N) is 1. The van der Waals surface area contributed by atoms with Crippen molar-refractivity contribution in [3.8, 4) is 0 Å². The molecule has 0 spiro atoms. The average molecular weight is 335 g/mol. The summed E-state index contributed by atoms with van der Waals surface area (Å²) in [6.45, 7) is 2.00. The maximum atomic E-state index is 11.7. The summed E-state index contributed by atoms with van der Waals surface area (Å²) in [5.41, 5.74) is 0.611. The van der Waals surface area contributed by atoms with Gasteiger partial charge < -0.3 is 0 Å². The van der Waals surface area contributed by atoms with Gasteiger partial charge in [-0.3, -0.25) is 4.98 Å². The molecule has 0 radical (unpaired) electrons. The quantitative estimate of drug-likeness (QED) is 0.694. The second-order valence-electron chi connectivity index (χ2n) is 4.63. The summed E-state index contributed by atoms with van der Waals surface area (Å²) < 4.78 is 50.1. The fraction of sp³-hybridized carbons (Fsp3) is 0.583. The van der Waals surface area contributed by atoms with Crippen LogP contribution in [-0.2, 0) is 26.6 Å². The summed E-state index contributed by atoms with van der Waals surface area (Å²) in [6, 6.07) is 5.24. The van der Waals surface area contributed by atoms with Crippen molar-refractivity contribution in [1.29, 1.82) is 0 Å². The minimum Gasteiger partial charge on any atom is -0.260 e. The molecule has 0 atom stereocenters. The molecule has 1 heterocycles. The molecule has 1 N–H and O–H groups in total. The Morgan fingerprint density at radius 3 is 2.48 bits per heavy atom. The summed E-state index contributed by atoms with van der Waals surface area (Å²) >= 11 is 0. The van der Waals surface area contributed by atoms with Crippen LogP contribution >= 0.6 is 0 Å². The van der Waals surface area contributed by atoms with Gasteiger partial charge in [-0.25, -0.2) is 21.6 Å². The minimum absolute atomic E-state index is 0.0338. The van der Waals surface area contributed by atoms with Gasteiger partial charge in [-0.05, 0) is 18.6 Å². The molecule has 1 aromatic rings. The highest BCUT2D eigenvalue weighted by Gasteiger charge is 2.18. The third kappa shape index (κ3) is 6.98. The molecular formula is C12H21N3O4S2. The third-order valence-corrected chi connectivity index (χ3v) is 5.53. The van der Waals surface area contributed by atoms with Crippen molar-refractivity contribution in [3.05, 3.63) is 30.1 Å². The third-order valence-electron chi connectivity index (χ3n) is 2.69. The second-order valence-corrected chi connectivity index (χ2v) is 8.54. The Morgan fingerprint density at radius 1 is 1.24 bits per heavy atom. The highest BCUT2D eigenvalue weighted by molar-refractivity contribution is 7.89. The van der Waals surface area contributed by atoms with Gasteiger partial charge in [-0.15, -0.1) is 0 Å². The van der Waals surface area contributed by atoms with Gasteiger partial charge in [-0.1, -0.05) is 13.0 Å². The summed E-state index contributed by atoms with van der Waals surface area (Å²) in [6.07, 6.45) is 3.19. The largest absolute Gasteiger partial charge is 0.260 e. The van der Waals surface area contributed by atoms with Crippen LogP contribution in [0.15, 0.2) is 24.4 Å². The molecule has 0 saturated heterocycles. The Labute approximate surface area is 126 Å². The van der Waals surface area contributed by atoms with E-state index in [1.165, 1.54) is 4.31 Å². The standard InChI is InChI=1S/C12H21N3O4S2/c1-3-10-21(18,19)14-8-9-15(20(2,16)17)11-12-6-4-5-7-13-12/h4-7,14H,3,8-11H2,1-2H3. The van der Waals surface area contributed by atoms with Crippen molar-refractivity contribution in [2.75, 3.05) is 25.1 Å². The normalized spacial score (nSPS) is 12.7. The van der Waals surface area contributed by atoms with Gasteiger partial charge in [-0.2, -0.15) is 4.31 Å². The lowest BCUT2D eigenvalue weighted by atomic mass is 10.3. The Kier molecular flexibility index (Phi) is 6.72. The first-order chi connectivity index (χ1) is 9.74. The van der Waals surface area contributed by atoms with Gasteiger partial charge in [0.15, 0.2) is 0 Å². The fourth-order valence-electron chi connectivity index (χ4n) is 1.70. The number of hydrogen-bond acceptors (Lipinski definition) is 5. The van der Waals surface area contributed by atoms with Gasteiger partial charge in [0.25, 0.3) is 0 Å². The van der Waals surface area contributed by atoms with E-state index in [0.717, 1.165) is 6.26 Å². The number of nitrogens with zero attached hydrogens (tertiary/aromatic N) is 2. The van der Waals surface area contributed by atoms with Crippen molar-refractivity contribution >= 4 is 20.0 Å². The first-order valence-corrected chi connectivity index (χ1v) is 10.1. The SMILES string of the molecule is CCCS(=O)(=O)NCCN(Cc1ccccn1)S(C)(=O)=O. The van der Waals surface area contributed by atoms with Crippen molar-refractivity contribution in [2.45, 2.75) is 19.9 Å². The molecule has 21 heavy (non-hydrogen) atoms. The topological polar surface area (TPSA) is 96.4 Å². The van der Waals surface area contributed by atoms with Gasteiger partial charge in [0.05, 0.1) is 24.2 Å². The lowest BCUT2D eigenvalue weighted by Crippen LogP contribution is -2.38. The smallest absolute Gasteiger partial charge is 0.211 e. The molecule has 0 fully saturated rings. The van der Waals surface area contributed by atoms with Crippen LogP contribution in [0.5, 0.6) is 0 Å². The Hall–Kier alpha value is -1.03. The zero-order valence-electron chi connectivity index (χ0n) is 12.2. The lowest BCUT2D eigenvalue weighted by Gasteiger charge is -2.19. The number of aromatic nitrogens is 1. The summed E-state index contributed by atoms with van der Waals surface area (Å²) in [5.74, 6) is 0.0338.